The number of halogens is 3. The average Bonchev–Trinajstić information content (AvgIpc) is 2.44. The Morgan fingerprint density at radius 3 is 1.94 bits per heavy atom. The third kappa shape index (κ3) is 3.34. The number of hydrogen-bond donors (Lipinski definition) is 2. The van der Waals surface area contributed by atoms with Crippen LogP contribution in [0.1, 0.15) is 44.9 Å². The molecule has 0 aliphatic heterocycles. The van der Waals surface area contributed by atoms with Crippen LogP contribution >= 0.6 is 0 Å². The average molecular weight is 254 g/mol. The highest BCUT2D eigenvalue weighted by atomic mass is 19.4. The van der Waals surface area contributed by atoms with Crippen molar-refractivity contribution >= 4 is 5.97 Å². The van der Waals surface area contributed by atoms with Crippen LogP contribution in [0.4, 0.5) is 13.2 Å². The standard InChI is InChI=1S/C11H17F3O3/c12-11(13,14)10(17,9(15)16)7-8-5-3-1-2-4-6-8/h8,17H,1-7H2,(H,15,16). The lowest BCUT2D eigenvalue weighted by atomic mass is 9.85. The van der Waals surface area contributed by atoms with E-state index >= 15 is 0 Å². The maximum absolute atomic E-state index is 12.6. The van der Waals surface area contributed by atoms with Crippen molar-refractivity contribution in [3.63, 3.8) is 0 Å². The predicted molar refractivity (Wildman–Crippen MR) is 54.4 cm³/mol. The second-order valence-corrected chi connectivity index (χ2v) is 4.72. The highest BCUT2D eigenvalue weighted by Gasteiger charge is 2.60. The fourth-order valence-electron chi connectivity index (χ4n) is 2.31. The molecule has 2 N–H and O–H groups in total. The minimum absolute atomic E-state index is 0.361. The number of carboxylic acid groups (broad SMARTS) is 1. The topological polar surface area (TPSA) is 57.5 Å². The molecular formula is C11H17F3O3. The summed E-state index contributed by atoms with van der Waals surface area (Å²) in [5, 5.41) is 17.9. The Hall–Kier alpha value is -0.780. The van der Waals surface area contributed by atoms with Crippen molar-refractivity contribution in [3.05, 3.63) is 0 Å². The molecule has 0 heterocycles. The van der Waals surface area contributed by atoms with Gasteiger partial charge in [0.05, 0.1) is 0 Å². The third-order valence-corrected chi connectivity index (χ3v) is 3.38. The van der Waals surface area contributed by atoms with E-state index < -0.39 is 24.2 Å². The molecule has 0 saturated heterocycles. The molecule has 0 bridgehead atoms. The molecule has 1 unspecified atom stereocenters. The lowest BCUT2D eigenvalue weighted by Gasteiger charge is -2.29. The highest BCUT2D eigenvalue weighted by Crippen LogP contribution is 2.39. The van der Waals surface area contributed by atoms with Crippen LogP contribution in [0.15, 0.2) is 0 Å². The lowest BCUT2D eigenvalue weighted by Crippen LogP contribution is -2.53. The monoisotopic (exact) mass is 254 g/mol. The summed E-state index contributed by atoms with van der Waals surface area (Å²) in [5.74, 6) is -2.56. The summed E-state index contributed by atoms with van der Waals surface area (Å²) in [7, 11) is 0. The Morgan fingerprint density at radius 1 is 1.12 bits per heavy atom. The van der Waals surface area contributed by atoms with E-state index in [4.69, 9.17) is 5.11 Å². The SMILES string of the molecule is O=C(O)C(O)(CC1CCCCCC1)C(F)(F)F. The molecule has 1 atom stereocenters. The Bertz CT molecular complexity index is 270. The van der Waals surface area contributed by atoms with E-state index in [1.54, 1.807) is 0 Å². The van der Waals surface area contributed by atoms with Crippen LogP contribution in [0.2, 0.25) is 0 Å². The van der Waals surface area contributed by atoms with Crippen molar-refractivity contribution in [3.8, 4) is 0 Å². The molecule has 1 fully saturated rings. The van der Waals surface area contributed by atoms with E-state index in [2.05, 4.69) is 0 Å². The smallest absolute Gasteiger partial charge is 0.428 e. The van der Waals surface area contributed by atoms with Gasteiger partial charge >= 0.3 is 12.1 Å². The van der Waals surface area contributed by atoms with E-state index in [1.807, 2.05) is 0 Å². The first kappa shape index (κ1) is 14.3. The quantitative estimate of drug-likeness (QED) is 0.761. The van der Waals surface area contributed by atoms with Gasteiger partial charge in [-0.1, -0.05) is 38.5 Å². The normalized spacial score (nSPS) is 22.8. The summed E-state index contributed by atoms with van der Waals surface area (Å²) in [6.45, 7) is 0. The van der Waals surface area contributed by atoms with Crippen LogP contribution in [0.25, 0.3) is 0 Å². The number of hydrogen-bond acceptors (Lipinski definition) is 2. The Morgan fingerprint density at radius 2 is 1.59 bits per heavy atom. The molecule has 0 spiro atoms. The van der Waals surface area contributed by atoms with E-state index in [9.17, 15) is 23.1 Å². The Kier molecular flexibility index (Phi) is 4.41. The van der Waals surface area contributed by atoms with Gasteiger partial charge in [-0.05, 0) is 12.3 Å². The van der Waals surface area contributed by atoms with Gasteiger partial charge in [0, 0.05) is 0 Å². The molecular weight excluding hydrogens is 237 g/mol. The summed E-state index contributed by atoms with van der Waals surface area (Å²) >= 11 is 0. The number of rotatable bonds is 3. The van der Waals surface area contributed by atoms with Crippen LogP contribution < -0.4 is 0 Å². The molecule has 0 aromatic carbocycles. The van der Waals surface area contributed by atoms with Crippen LogP contribution in [0, 0.1) is 5.92 Å². The van der Waals surface area contributed by atoms with Crippen LogP contribution in [-0.4, -0.2) is 28.0 Å². The number of carbonyl (C=O) groups is 1. The third-order valence-electron chi connectivity index (χ3n) is 3.38. The van der Waals surface area contributed by atoms with Crippen LogP contribution in [0.5, 0.6) is 0 Å². The first-order chi connectivity index (χ1) is 7.77. The Balaban J connectivity index is 2.76. The van der Waals surface area contributed by atoms with Gasteiger partial charge in [-0.15, -0.1) is 0 Å². The second kappa shape index (κ2) is 5.25. The summed E-state index contributed by atoms with van der Waals surface area (Å²) < 4.78 is 37.7. The Labute approximate surface area is 97.6 Å². The molecule has 3 nitrogen and oxygen atoms in total. The first-order valence-electron chi connectivity index (χ1n) is 5.80. The zero-order chi connectivity index (χ0) is 13.1. The molecule has 1 aliphatic carbocycles. The summed E-state index contributed by atoms with van der Waals surface area (Å²) in [4.78, 5) is 10.7. The molecule has 0 aromatic heterocycles. The molecule has 0 radical (unpaired) electrons. The molecule has 1 saturated carbocycles. The fourth-order valence-corrected chi connectivity index (χ4v) is 2.31. The molecule has 0 amide bonds. The number of alkyl halides is 3. The second-order valence-electron chi connectivity index (χ2n) is 4.72. The molecule has 1 aliphatic rings. The lowest BCUT2D eigenvalue weighted by molar-refractivity contribution is -0.265. The summed E-state index contributed by atoms with van der Waals surface area (Å²) in [6.07, 6.45) is -1.19. The van der Waals surface area contributed by atoms with Gasteiger partial charge in [0.15, 0.2) is 0 Å². The number of aliphatic hydroxyl groups is 1. The van der Waals surface area contributed by atoms with Crippen molar-refractivity contribution in [1.29, 1.82) is 0 Å². The molecule has 1 rings (SSSR count). The van der Waals surface area contributed by atoms with Crippen molar-refractivity contribution < 1.29 is 28.2 Å². The largest absolute Gasteiger partial charge is 0.479 e. The summed E-state index contributed by atoms with van der Waals surface area (Å²) in [6, 6.07) is 0. The minimum atomic E-state index is -5.12. The van der Waals surface area contributed by atoms with Crippen molar-refractivity contribution in [2.75, 3.05) is 0 Å². The van der Waals surface area contributed by atoms with Gasteiger partial charge in [-0.25, -0.2) is 4.79 Å². The van der Waals surface area contributed by atoms with Gasteiger partial charge < -0.3 is 10.2 Å². The summed E-state index contributed by atoms with van der Waals surface area (Å²) in [5.41, 5.74) is -3.60. The van der Waals surface area contributed by atoms with Gasteiger partial charge in [-0.2, -0.15) is 13.2 Å². The maximum atomic E-state index is 12.6. The minimum Gasteiger partial charge on any atom is -0.479 e. The predicted octanol–water partition coefficient (Wildman–Crippen LogP) is 2.72. The molecule has 6 heteroatoms. The molecule has 100 valence electrons. The highest BCUT2D eigenvalue weighted by molar-refractivity contribution is 5.78. The van der Waals surface area contributed by atoms with Gasteiger partial charge in [-0.3, -0.25) is 0 Å². The number of aliphatic carboxylic acids is 1. The van der Waals surface area contributed by atoms with Crippen molar-refractivity contribution in [2.45, 2.75) is 56.7 Å². The number of carboxylic acids is 1. The van der Waals surface area contributed by atoms with Gasteiger partial charge in [0.1, 0.15) is 0 Å². The van der Waals surface area contributed by atoms with E-state index in [0.717, 1.165) is 25.7 Å². The fraction of sp³-hybridized carbons (Fsp3) is 0.909. The van der Waals surface area contributed by atoms with Gasteiger partial charge in [0.25, 0.3) is 5.60 Å². The molecule has 17 heavy (non-hydrogen) atoms. The van der Waals surface area contributed by atoms with Crippen molar-refractivity contribution in [2.24, 2.45) is 5.92 Å². The van der Waals surface area contributed by atoms with Crippen LogP contribution in [-0.2, 0) is 4.79 Å². The van der Waals surface area contributed by atoms with Gasteiger partial charge in [0.2, 0.25) is 0 Å². The first-order valence-corrected chi connectivity index (χ1v) is 5.80. The zero-order valence-electron chi connectivity index (χ0n) is 9.46. The van der Waals surface area contributed by atoms with E-state index in [0.29, 0.717) is 12.8 Å². The molecule has 0 aromatic rings. The van der Waals surface area contributed by atoms with E-state index in [1.165, 1.54) is 0 Å². The van der Waals surface area contributed by atoms with Crippen LogP contribution in [0.3, 0.4) is 0 Å². The maximum Gasteiger partial charge on any atom is 0.428 e. The van der Waals surface area contributed by atoms with Crippen molar-refractivity contribution in [1.82, 2.24) is 0 Å². The van der Waals surface area contributed by atoms with E-state index in [-0.39, 0.29) is 5.92 Å². The zero-order valence-corrected chi connectivity index (χ0v) is 9.46.